The molecule has 1 fully saturated rings. The summed E-state index contributed by atoms with van der Waals surface area (Å²) in [6.07, 6.45) is 0. The minimum absolute atomic E-state index is 0.0825. The Bertz CT molecular complexity index is 733. The van der Waals surface area contributed by atoms with Crippen LogP contribution in [0.5, 0.6) is 0 Å². The summed E-state index contributed by atoms with van der Waals surface area (Å²) < 4.78 is 5.37. The number of anilines is 1. The number of hydrogen-bond donors (Lipinski definition) is 1. The zero-order valence-corrected chi connectivity index (χ0v) is 13.4. The smallest absolute Gasteiger partial charge is 0.355 e. The van der Waals surface area contributed by atoms with Crippen LogP contribution in [0.15, 0.2) is 33.8 Å². The van der Waals surface area contributed by atoms with Crippen LogP contribution in [0.25, 0.3) is 0 Å². The van der Waals surface area contributed by atoms with Gasteiger partial charge < -0.3 is 4.74 Å². The lowest BCUT2D eigenvalue weighted by molar-refractivity contribution is -0.133. The Morgan fingerprint density at radius 2 is 2.18 bits per heavy atom. The molecule has 0 aliphatic carbocycles. The third-order valence-electron chi connectivity index (χ3n) is 3.84. The number of nitrogens with zero attached hydrogens (tertiary/aromatic N) is 2. The van der Waals surface area contributed by atoms with E-state index in [1.54, 1.807) is 31.2 Å². The van der Waals surface area contributed by atoms with E-state index in [4.69, 9.17) is 0 Å². The summed E-state index contributed by atoms with van der Waals surface area (Å²) in [5.41, 5.74) is 1.70. The van der Waals surface area contributed by atoms with Crippen molar-refractivity contribution in [3.8, 4) is 0 Å². The lowest BCUT2D eigenvalue weighted by Crippen LogP contribution is -2.48. The second kappa shape index (κ2) is 4.91. The minimum Gasteiger partial charge on any atom is -0.464 e. The molecule has 114 valence electrons. The molecular weight excluding hydrogens is 354 g/mol. The molecule has 0 spiro atoms. The quantitative estimate of drug-likeness (QED) is 0.619. The average molecular weight is 366 g/mol. The number of carbonyl (C=O) groups excluding carboxylic acids is 3. The van der Waals surface area contributed by atoms with Gasteiger partial charge in [-0.05, 0) is 25.1 Å². The maximum atomic E-state index is 12.7. The summed E-state index contributed by atoms with van der Waals surface area (Å²) in [6.45, 7) is 1.55. The number of benzene rings is 1. The van der Waals surface area contributed by atoms with Crippen molar-refractivity contribution in [1.82, 2.24) is 5.43 Å². The fourth-order valence-corrected chi connectivity index (χ4v) is 3.09. The van der Waals surface area contributed by atoms with Crippen LogP contribution in [-0.2, 0) is 19.1 Å². The second-order valence-corrected chi connectivity index (χ2v) is 6.11. The van der Waals surface area contributed by atoms with Crippen molar-refractivity contribution in [2.24, 2.45) is 11.0 Å². The monoisotopic (exact) mass is 365 g/mol. The number of fused-ring (bicyclic) bond motifs is 1. The number of hydrazone groups is 1. The first-order valence-corrected chi connectivity index (χ1v) is 7.26. The van der Waals surface area contributed by atoms with Crippen LogP contribution in [0.1, 0.15) is 6.92 Å². The third kappa shape index (κ3) is 1.87. The molecule has 2 amide bonds. The highest BCUT2D eigenvalue weighted by molar-refractivity contribution is 9.10. The van der Waals surface area contributed by atoms with E-state index < -0.39 is 29.2 Å². The van der Waals surface area contributed by atoms with Crippen LogP contribution in [-0.4, -0.2) is 36.1 Å². The third-order valence-corrected chi connectivity index (χ3v) is 4.33. The maximum absolute atomic E-state index is 12.7. The summed E-state index contributed by atoms with van der Waals surface area (Å²) >= 11 is 3.31. The highest BCUT2D eigenvalue weighted by atomic mass is 79.9. The topological polar surface area (TPSA) is 88.1 Å². The van der Waals surface area contributed by atoms with Gasteiger partial charge in [0.25, 0.3) is 5.91 Å². The van der Waals surface area contributed by atoms with Gasteiger partial charge in [-0.15, -0.1) is 0 Å². The van der Waals surface area contributed by atoms with Crippen LogP contribution in [0.3, 0.4) is 0 Å². The largest absolute Gasteiger partial charge is 0.464 e. The number of halogens is 1. The fourth-order valence-electron chi connectivity index (χ4n) is 2.70. The van der Waals surface area contributed by atoms with Crippen molar-refractivity contribution in [2.75, 3.05) is 12.0 Å². The van der Waals surface area contributed by atoms with Gasteiger partial charge in [-0.2, -0.15) is 5.10 Å². The Hall–Kier alpha value is -2.22. The number of nitrogens with one attached hydrogen (secondary N) is 1. The van der Waals surface area contributed by atoms with E-state index in [9.17, 15) is 14.4 Å². The van der Waals surface area contributed by atoms with Gasteiger partial charge in [0, 0.05) is 4.47 Å². The Morgan fingerprint density at radius 1 is 1.45 bits per heavy atom. The molecule has 2 aliphatic rings. The first-order valence-electron chi connectivity index (χ1n) is 6.47. The van der Waals surface area contributed by atoms with Gasteiger partial charge in [0.1, 0.15) is 11.5 Å². The van der Waals surface area contributed by atoms with Gasteiger partial charge in [0.15, 0.2) is 5.71 Å². The molecule has 7 nitrogen and oxygen atoms in total. The zero-order chi connectivity index (χ0) is 16.1. The molecule has 8 heteroatoms. The maximum Gasteiger partial charge on any atom is 0.355 e. The summed E-state index contributed by atoms with van der Waals surface area (Å²) in [7, 11) is 1.20. The highest BCUT2D eigenvalue weighted by Gasteiger charge is 2.63. The normalized spacial score (nSPS) is 26.6. The van der Waals surface area contributed by atoms with E-state index in [0.29, 0.717) is 5.69 Å². The molecule has 0 aromatic heterocycles. The molecule has 1 aromatic rings. The molecule has 0 bridgehead atoms. The van der Waals surface area contributed by atoms with Crippen LogP contribution in [0, 0.1) is 5.92 Å². The summed E-state index contributed by atoms with van der Waals surface area (Å²) in [5, 5.41) is 3.82. The van der Waals surface area contributed by atoms with E-state index in [1.165, 1.54) is 7.11 Å². The van der Waals surface area contributed by atoms with E-state index in [2.05, 4.69) is 31.2 Å². The molecule has 1 N–H and O–H groups in total. The number of imide groups is 1. The molecular formula is C14H12BrN3O4. The molecule has 3 rings (SSSR count). The van der Waals surface area contributed by atoms with Crippen molar-refractivity contribution in [3.63, 3.8) is 0 Å². The van der Waals surface area contributed by atoms with Gasteiger partial charge in [-0.25, -0.2) is 9.69 Å². The van der Waals surface area contributed by atoms with Gasteiger partial charge in [0.2, 0.25) is 5.91 Å². The van der Waals surface area contributed by atoms with E-state index >= 15 is 0 Å². The second-order valence-electron chi connectivity index (χ2n) is 5.19. The lowest BCUT2D eigenvalue weighted by Gasteiger charge is -2.20. The average Bonchev–Trinajstić information content (AvgIpc) is 2.93. The SMILES string of the molecule is COC(=O)C1=NNC2(C)C(=O)N(c3cccc(Br)c3)C(=O)C12. The number of amides is 2. The predicted molar refractivity (Wildman–Crippen MR) is 81.1 cm³/mol. The van der Waals surface area contributed by atoms with Crippen LogP contribution in [0.2, 0.25) is 0 Å². The van der Waals surface area contributed by atoms with E-state index in [-0.39, 0.29) is 5.71 Å². The van der Waals surface area contributed by atoms with E-state index in [0.717, 1.165) is 9.37 Å². The van der Waals surface area contributed by atoms with Crippen molar-refractivity contribution < 1.29 is 19.1 Å². The Labute approximate surface area is 134 Å². The molecule has 1 aromatic carbocycles. The number of ether oxygens (including phenoxy) is 1. The van der Waals surface area contributed by atoms with Gasteiger partial charge in [0.05, 0.1) is 12.8 Å². The summed E-state index contributed by atoms with van der Waals surface area (Å²) in [5.74, 6) is -2.67. The molecule has 2 unspecified atom stereocenters. The fraction of sp³-hybridized carbons (Fsp3) is 0.286. The zero-order valence-electron chi connectivity index (χ0n) is 11.8. The molecule has 0 saturated carbocycles. The molecule has 22 heavy (non-hydrogen) atoms. The summed E-state index contributed by atoms with van der Waals surface area (Å²) in [6, 6.07) is 6.82. The molecule has 2 heterocycles. The van der Waals surface area contributed by atoms with Crippen molar-refractivity contribution in [1.29, 1.82) is 0 Å². The van der Waals surface area contributed by atoms with Gasteiger partial charge >= 0.3 is 5.97 Å². The molecule has 2 aliphatic heterocycles. The molecule has 2 atom stereocenters. The van der Waals surface area contributed by atoms with Crippen molar-refractivity contribution >= 4 is 45.1 Å². The Kier molecular flexibility index (Phi) is 3.28. The number of hydrogen-bond acceptors (Lipinski definition) is 6. The first kappa shape index (κ1) is 14.7. The van der Waals surface area contributed by atoms with Gasteiger partial charge in [-0.3, -0.25) is 15.0 Å². The standard InChI is InChI=1S/C14H12BrN3O4/c1-14-9(10(16-17-14)12(20)22-2)11(19)18(13(14)21)8-5-3-4-7(15)6-8/h3-6,9,17H,1-2H3. The highest BCUT2D eigenvalue weighted by Crippen LogP contribution is 2.38. The van der Waals surface area contributed by atoms with Gasteiger partial charge in [-0.1, -0.05) is 22.0 Å². The number of carbonyl (C=O) groups is 3. The molecule has 0 radical (unpaired) electrons. The number of esters is 1. The van der Waals surface area contributed by atoms with E-state index in [1.807, 2.05) is 0 Å². The van der Waals surface area contributed by atoms with Crippen LogP contribution in [0.4, 0.5) is 5.69 Å². The van der Waals surface area contributed by atoms with Crippen molar-refractivity contribution in [2.45, 2.75) is 12.5 Å². The lowest BCUT2D eigenvalue weighted by atomic mass is 9.86. The predicted octanol–water partition coefficient (Wildman–Crippen LogP) is 0.829. The first-order chi connectivity index (χ1) is 10.4. The minimum atomic E-state index is -1.27. The number of methoxy groups -OCH3 is 1. The number of rotatable bonds is 2. The Morgan fingerprint density at radius 3 is 2.82 bits per heavy atom. The van der Waals surface area contributed by atoms with Crippen LogP contribution < -0.4 is 10.3 Å². The molecule has 1 saturated heterocycles. The van der Waals surface area contributed by atoms with Crippen LogP contribution >= 0.6 is 15.9 Å². The Balaban J connectivity index is 2.05. The van der Waals surface area contributed by atoms with Crippen molar-refractivity contribution in [3.05, 3.63) is 28.7 Å². The summed E-state index contributed by atoms with van der Waals surface area (Å²) in [4.78, 5) is 38.2.